The first kappa shape index (κ1) is 18.6. The molecule has 0 bridgehead atoms. The van der Waals surface area contributed by atoms with Crippen molar-refractivity contribution in [2.75, 3.05) is 13.2 Å². The zero-order valence-corrected chi connectivity index (χ0v) is 14.9. The minimum absolute atomic E-state index is 0.0386. The van der Waals surface area contributed by atoms with Crippen molar-refractivity contribution < 1.29 is 23.1 Å². The van der Waals surface area contributed by atoms with Crippen LogP contribution in [0.5, 0.6) is 0 Å². The molecule has 26 heavy (non-hydrogen) atoms. The summed E-state index contributed by atoms with van der Waals surface area (Å²) in [5.74, 6) is -1.23. The average molecular weight is 379 g/mol. The summed E-state index contributed by atoms with van der Waals surface area (Å²) in [4.78, 5) is 11.5. The monoisotopic (exact) mass is 379 g/mol. The Labute approximate surface area is 151 Å². The molecule has 9 heteroatoms. The van der Waals surface area contributed by atoms with Gasteiger partial charge < -0.3 is 9.84 Å². The number of carboxylic acids is 1. The fourth-order valence-electron chi connectivity index (χ4n) is 2.89. The third kappa shape index (κ3) is 4.48. The number of ether oxygens (including phenoxy) is 1. The summed E-state index contributed by atoms with van der Waals surface area (Å²) < 4.78 is 34.3. The van der Waals surface area contributed by atoms with Gasteiger partial charge in [-0.05, 0) is 24.8 Å². The second-order valence-electron chi connectivity index (χ2n) is 6.20. The Hall–Kier alpha value is -2.23. The van der Waals surface area contributed by atoms with Crippen LogP contribution in [0.3, 0.4) is 0 Å². The lowest BCUT2D eigenvalue weighted by Gasteiger charge is -2.22. The maximum Gasteiger partial charge on any atom is 0.322 e. The van der Waals surface area contributed by atoms with Crippen molar-refractivity contribution in [3.05, 3.63) is 48.3 Å². The molecule has 0 radical (unpaired) electrons. The number of carbonyl (C=O) groups is 1. The van der Waals surface area contributed by atoms with Gasteiger partial charge in [0.1, 0.15) is 10.9 Å². The molecule has 0 spiro atoms. The first-order valence-electron chi connectivity index (χ1n) is 8.36. The second-order valence-corrected chi connectivity index (χ2v) is 7.92. The number of benzene rings is 1. The van der Waals surface area contributed by atoms with E-state index in [9.17, 15) is 18.3 Å². The smallest absolute Gasteiger partial charge is 0.322 e. The fraction of sp³-hybridized carbons (Fsp3) is 0.412. The van der Waals surface area contributed by atoms with Gasteiger partial charge in [0, 0.05) is 19.4 Å². The molecule has 2 heterocycles. The molecule has 8 nitrogen and oxygen atoms in total. The van der Waals surface area contributed by atoms with E-state index in [0.29, 0.717) is 13.2 Å². The van der Waals surface area contributed by atoms with Crippen LogP contribution in [0, 0.1) is 0 Å². The Morgan fingerprint density at radius 2 is 2.00 bits per heavy atom. The molecular weight excluding hydrogens is 358 g/mol. The molecule has 1 saturated heterocycles. The minimum atomic E-state index is -3.99. The molecule has 2 aromatic rings. The van der Waals surface area contributed by atoms with E-state index in [1.54, 1.807) is 28.9 Å². The summed E-state index contributed by atoms with van der Waals surface area (Å²) in [6.07, 6.45) is 4.28. The summed E-state index contributed by atoms with van der Waals surface area (Å²) in [7, 11) is -3.99. The topological polar surface area (TPSA) is 111 Å². The number of nitrogens with one attached hydrogen (secondary N) is 1. The highest BCUT2D eigenvalue weighted by atomic mass is 32.2. The second kappa shape index (κ2) is 7.98. The Kier molecular flexibility index (Phi) is 5.70. The van der Waals surface area contributed by atoms with E-state index in [2.05, 4.69) is 9.82 Å². The summed E-state index contributed by atoms with van der Waals surface area (Å²) in [6.45, 7) is 1.23. The van der Waals surface area contributed by atoms with Crippen molar-refractivity contribution in [3.8, 4) is 0 Å². The van der Waals surface area contributed by atoms with Gasteiger partial charge in [0.25, 0.3) is 0 Å². The van der Waals surface area contributed by atoms with Gasteiger partial charge in [0.2, 0.25) is 10.0 Å². The molecule has 0 aliphatic carbocycles. The van der Waals surface area contributed by atoms with E-state index in [1.165, 1.54) is 12.4 Å². The van der Waals surface area contributed by atoms with Crippen LogP contribution in [-0.2, 0) is 26.0 Å². The normalized spacial score (nSPS) is 17.1. The number of hydrogen-bond donors (Lipinski definition) is 2. The molecule has 3 rings (SSSR count). The van der Waals surface area contributed by atoms with Gasteiger partial charge in [-0.1, -0.05) is 30.3 Å². The maximum absolute atomic E-state index is 12.6. The highest BCUT2D eigenvalue weighted by Gasteiger charge is 2.27. The van der Waals surface area contributed by atoms with Gasteiger partial charge in [-0.3, -0.25) is 9.48 Å². The average Bonchev–Trinajstić information content (AvgIpc) is 3.14. The van der Waals surface area contributed by atoms with Crippen LogP contribution in [0.1, 0.15) is 24.4 Å². The maximum atomic E-state index is 12.6. The van der Waals surface area contributed by atoms with Gasteiger partial charge in [-0.2, -0.15) is 9.82 Å². The van der Waals surface area contributed by atoms with Crippen LogP contribution < -0.4 is 4.72 Å². The number of carboxylic acid groups (broad SMARTS) is 1. The lowest BCUT2D eigenvalue weighted by Crippen LogP contribution is -2.42. The van der Waals surface area contributed by atoms with Crippen molar-refractivity contribution >= 4 is 16.0 Å². The van der Waals surface area contributed by atoms with Gasteiger partial charge in [-0.15, -0.1) is 0 Å². The number of sulfonamides is 1. The van der Waals surface area contributed by atoms with Crippen molar-refractivity contribution in [2.45, 2.75) is 36.2 Å². The van der Waals surface area contributed by atoms with Crippen LogP contribution in [0.25, 0.3) is 0 Å². The molecular formula is C17H21N3O5S. The van der Waals surface area contributed by atoms with E-state index >= 15 is 0 Å². The Morgan fingerprint density at radius 1 is 1.31 bits per heavy atom. The predicted molar refractivity (Wildman–Crippen MR) is 93.2 cm³/mol. The fourth-order valence-corrected chi connectivity index (χ4v) is 4.02. The molecule has 0 saturated carbocycles. The molecule has 1 aromatic carbocycles. The lowest BCUT2D eigenvalue weighted by atomic mass is 10.1. The van der Waals surface area contributed by atoms with Crippen LogP contribution in [0.15, 0.2) is 47.6 Å². The highest BCUT2D eigenvalue weighted by molar-refractivity contribution is 7.89. The number of aromatic nitrogens is 2. The summed E-state index contributed by atoms with van der Waals surface area (Å²) in [6, 6.07) is 7.72. The Morgan fingerprint density at radius 3 is 2.65 bits per heavy atom. The van der Waals surface area contributed by atoms with Crippen molar-refractivity contribution in [2.24, 2.45) is 0 Å². The van der Waals surface area contributed by atoms with Gasteiger partial charge in [0.15, 0.2) is 0 Å². The first-order valence-corrected chi connectivity index (χ1v) is 9.85. The van der Waals surface area contributed by atoms with E-state index in [-0.39, 0.29) is 17.4 Å². The van der Waals surface area contributed by atoms with E-state index in [0.717, 1.165) is 18.4 Å². The van der Waals surface area contributed by atoms with Crippen molar-refractivity contribution in [3.63, 3.8) is 0 Å². The van der Waals surface area contributed by atoms with Gasteiger partial charge in [0.05, 0.1) is 12.2 Å². The molecule has 1 atom stereocenters. The van der Waals surface area contributed by atoms with Crippen LogP contribution in [0.2, 0.25) is 0 Å². The van der Waals surface area contributed by atoms with Crippen LogP contribution >= 0.6 is 0 Å². The third-order valence-corrected chi connectivity index (χ3v) is 5.76. The van der Waals surface area contributed by atoms with E-state index in [1.807, 2.05) is 6.07 Å². The van der Waals surface area contributed by atoms with Gasteiger partial charge >= 0.3 is 5.97 Å². The number of nitrogens with zero attached hydrogens (tertiary/aromatic N) is 2. The summed E-state index contributed by atoms with van der Waals surface area (Å²) in [5.41, 5.74) is 0.737. The molecule has 0 unspecified atom stereocenters. The standard InChI is InChI=1S/C17H21N3O5S/c21-17(22)16(10-13-4-2-1-3-5-13)19-26(23,24)15-11-18-20(12-15)14-6-8-25-9-7-14/h1-5,11-12,14,16,19H,6-10H2,(H,21,22)/t16-/m1/s1. The quantitative estimate of drug-likeness (QED) is 0.748. The van der Waals surface area contributed by atoms with Gasteiger partial charge in [-0.25, -0.2) is 8.42 Å². The zero-order valence-electron chi connectivity index (χ0n) is 14.1. The predicted octanol–water partition coefficient (Wildman–Crippen LogP) is 1.21. The zero-order chi connectivity index (χ0) is 18.6. The highest BCUT2D eigenvalue weighted by Crippen LogP contribution is 2.21. The third-order valence-electron chi connectivity index (χ3n) is 4.33. The number of aliphatic carboxylic acids is 1. The minimum Gasteiger partial charge on any atom is -0.480 e. The molecule has 1 fully saturated rings. The van der Waals surface area contributed by atoms with Crippen molar-refractivity contribution in [1.29, 1.82) is 0 Å². The van der Waals surface area contributed by atoms with E-state index in [4.69, 9.17) is 4.74 Å². The molecule has 1 aromatic heterocycles. The summed E-state index contributed by atoms with van der Waals surface area (Å²) in [5, 5.41) is 13.5. The SMILES string of the molecule is O=C(O)[C@@H](Cc1ccccc1)NS(=O)(=O)c1cnn(C2CCOCC2)c1. The molecule has 2 N–H and O–H groups in total. The lowest BCUT2D eigenvalue weighted by molar-refractivity contribution is -0.138. The number of rotatable bonds is 7. The molecule has 1 aliphatic rings. The van der Waals surface area contributed by atoms with Crippen LogP contribution in [0.4, 0.5) is 0 Å². The molecule has 0 amide bonds. The van der Waals surface area contributed by atoms with Crippen molar-refractivity contribution in [1.82, 2.24) is 14.5 Å². The largest absolute Gasteiger partial charge is 0.480 e. The Bertz CT molecular complexity index is 844. The molecule has 1 aliphatic heterocycles. The first-order chi connectivity index (χ1) is 12.5. The number of hydrogen-bond acceptors (Lipinski definition) is 5. The van der Waals surface area contributed by atoms with E-state index < -0.39 is 22.0 Å². The Balaban J connectivity index is 1.74. The summed E-state index contributed by atoms with van der Waals surface area (Å²) >= 11 is 0. The molecule has 140 valence electrons. The van der Waals surface area contributed by atoms with Crippen LogP contribution in [-0.4, -0.2) is 48.5 Å².